The molecule has 1 N–H and O–H groups in total. The fourth-order valence-corrected chi connectivity index (χ4v) is 3.19. The van der Waals surface area contributed by atoms with Crippen molar-refractivity contribution >= 4 is 5.95 Å². The van der Waals surface area contributed by atoms with Crippen LogP contribution in [-0.2, 0) is 11.3 Å². The van der Waals surface area contributed by atoms with Gasteiger partial charge >= 0.3 is 0 Å². The van der Waals surface area contributed by atoms with Crippen molar-refractivity contribution in [2.75, 3.05) is 31.6 Å². The maximum Gasteiger partial charge on any atom is 0.226 e. The van der Waals surface area contributed by atoms with Crippen molar-refractivity contribution < 1.29 is 9.13 Å². The molecule has 1 fully saturated rings. The molecule has 5 nitrogen and oxygen atoms in total. The number of hydrogen-bond donors (Lipinski definition) is 1. The Morgan fingerprint density at radius 3 is 2.76 bits per heavy atom. The summed E-state index contributed by atoms with van der Waals surface area (Å²) in [6, 6.07) is 7.92. The maximum atomic E-state index is 14.3. The molecule has 0 saturated carbocycles. The Bertz CT molecular complexity index is 705. The van der Waals surface area contributed by atoms with Crippen LogP contribution in [0.15, 0.2) is 30.5 Å². The number of methoxy groups -OCH3 is 1. The number of nitrogens with one attached hydrogen (secondary N) is 1. The van der Waals surface area contributed by atoms with Crippen LogP contribution in [0.1, 0.15) is 19.4 Å². The van der Waals surface area contributed by atoms with Crippen molar-refractivity contribution in [2.24, 2.45) is 5.92 Å². The molecule has 0 amide bonds. The molecule has 6 heteroatoms. The number of halogens is 1. The minimum absolute atomic E-state index is 0.302. The van der Waals surface area contributed by atoms with E-state index in [1.54, 1.807) is 7.11 Å². The summed E-state index contributed by atoms with van der Waals surface area (Å²) in [6.45, 7) is 7.49. The van der Waals surface area contributed by atoms with Crippen molar-refractivity contribution in [1.82, 2.24) is 15.3 Å². The first-order chi connectivity index (χ1) is 12.1. The molecule has 1 saturated heterocycles. The second-order valence-electron chi connectivity index (χ2n) is 6.71. The average Bonchev–Trinajstić information content (AvgIpc) is 2.63. The summed E-state index contributed by atoms with van der Waals surface area (Å²) in [5.74, 6) is 0.648. The van der Waals surface area contributed by atoms with E-state index in [-0.39, 0.29) is 0 Å². The monoisotopic (exact) mass is 344 g/mol. The van der Waals surface area contributed by atoms with Crippen molar-refractivity contribution in [3.63, 3.8) is 0 Å². The molecule has 1 aliphatic rings. The van der Waals surface area contributed by atoms with Crippen LogP contribution in [0.3, 0.4) is 0 Å². The van der Waals surface area contributed by atoms with Gasteiger partial charge in [-0.1, -0.05) is 38.1 Å². The third-order valence-electron chi connectivity index (χ3n) is 4.58. The highest BCUT2D eigenvalue weighted by molar-refractivity contribution is 5.61. The van der Waals surface area contributed by atoms with E-state index in [0.29, 0.717) is 30.2 Å². The highest BCUT2D eigenvalue weighted by Gasteiger charge is 2.27. The van der Waals surface area contributed by atoms with E-state index in [4.69, 9.17) is 4.74 Å². The Balaban J connectivity index is 1.92. The van der Waals surface area contributed by atoms with Crippen LogP contribution in [0.25, 0.3) is 11.3 Å². The van der Waals surface area contributed by atoms with E-state index in [1.165, 1.54) is 6.20 Å². The average molecular weight is 344 g/mol. The molecule has 134 valence electrons. The zero-order valence-corrected chi connectivity index (χ0v) is 15.0. The SMILES string of the molecule is COCc1ccc(-c2nc(N3CCNCC3C(C)C)ncc2F)cc1. The largest absolute Gasteiger partial charge is 0.380 e. The van der Waals surface area contributed by atoms with E-state index in [9.17, 15) is 4.39 Å². The molecule has 2 heterocycles. The van der Waals surface area contributed by atoms with Gasteiger partial charge in [0, 0.05) is 38.3 Å². The van der Waals surface area contributed by atoms with E-state index in [1.807, 2.05) is 24.3 Å². The fourth-order valence-electron chi connectivity index (χ4n) is 3.19. The number of aromatic nitrogens is 2. The lowest BCUT2D eigenvalue weighted by atomic mass is 10.0. The fraction of sp³-hybridized carbons (Fsp3) is 0.474. The Morgan fingerprint density at radius 1 is 1.32 bits per heavy atom. The summed E-state index contributed by atoms with van der Waals surface area (Å²) in [4.78, 5) is 11.0. The molecule has 0 radical (unpaired) electrons. The van der Waals surface area contributed by atoms with Crippen LogP contribution in [0.5, 0.6) is 0 Å². The molecule has 0 spiro atoms. The quantitative estimate of drug-likeness (QED) is 0.904. The molecule has 3 rings (SSSR count). The number of anilines is 1. The Morgan fingerprint density at radius 2 is 2.08 bits per heavy atom. The van der Waals surface area contributed by atoms with E-state index in [2.05, 4.69) is 34.0 Å². The lowest BCUT2D eigenvalue weighted by molar-refractivity contribution is 0.185. The van der Waals surface area contributed by atoms with E-state index >= 15 is 0 Å². The van der Waals surface area contributed by atoms with Gasteiger partial charge in [-0.25, -0.2) is 14.4 Å². The third kappa shape index (κ3) is 3.96. The molecule has 0 bridgehead atoms. The predicted octanol–water partition coefficient (Wildman–Crippen LogP) is 2.86. The highest BCUT2D eigenvalue weighted by Crippen LogP contribution is 2.25. The summed E-state index contributed by atoms with van der Waals surface area (Å²) in [5, 5.41) is 3.41. The van der Waals surface area contributed by atoms with E-state index in [0.717, 1.165) is 30.8 Å². The molecule has 1 aromatic heterocycles. The number of rotatable bonds is 5. The first-order valence-corrected chi connectivity index (χ1v) is 8.68. The molecule has 1 aromatic carbocycles. The second kappa shape index (κ2) is 7.89. The van der Waals surface area contributed by atoms with Gasteiger partial charge in [0.15, 0.2) is 5.82 Å². The molecule has 1 aliphatic heterocycles. The summed E-state index contributed by atoms with van der Waals surface area (Å²) < 4.78 is 19.5. The Hall–Kier alpha value is -2.05. The molecule has 1 unspecified atom stereocenters. The van der Waals surface area contributed by atoms with Gasteiger partial charge in [0.25, 0.3) is 0 Å². The zero-order chi connectivity index (χ0) is 17.8. The van der Waals surface area contributed by atoms with Gasteiger partial charge in [0.05, 0.1) is 12.8 Å². The zero-order valence-electron chi connectivity index (χ0n) is 15.0. The van der Waals surface area contributed by atoms with Gasteiger partial charge in [-0.05, 0) is 11.5 Å². The van der Waals surface area contributed by atoms with Crippen molar-refractivity contribution in [1.29, 1.82) is 0 Å². The normalized spacial score (nSPS) is 18.0. The molecular formula is C19H25FN4O. The number of ether oxygens (including phenoxy) is 1. The topological polar surface area (TPSA) is 50.3 Å². The van der Waals surface area contributed by atoms with Gasteiger partial charge in [0.1, 0.15) is 5.69 Å². The van der Waals surface area contributed by atoms with Gasteiger partial charge in [-0.3, -0.25) is 0 Å². The summed E-state index contributed by atoms with van der Waals surface area (Å²) in [6.07, 6.45) is 1.28. The van der Waals surface area contributed by atoms with Gasteiger partial charge < -0.3 is 15.0 Å². The van der Waals surface area contributed by atoms with Crippen LogP contribution in [0.4, 0.5) is 10.3 Å². The minimum Gasteiger partial charge on any atom is -0.380 e. The first-order valence-electron chi connectivity index (χ1n) is 8.68. The van der Waals surface area contributed by atoms with Gasteiger partial charge in [-0.15, -0.1) is 0 Å². The molecular weight excluding hydrogens is 319 g/mol. The number of piperazine rings is 1. The third-order valence-corrected chi connectivity index (χ3v) is 4.58. The summed E-state index contributed by atoms with van der Waals surface area (Å²) in [7, 11) is 1.66. The van der Waals surface area contributed by atoms with E-state index < -0.39 is 5.82 Å². The molecule has 1 atom stereocenters. The standard InChI is InChI=1S/C19H25FN4O/c1-13(2)17-11-21-8-9-24(17)19-22-10-16(20)18(23-19)15-6-4-14(5-7-15)12-25-3/h4-7,10,13,17,21H,8-9,11-12H2,1-3H3. The van der Waals surface area contributed by atoms with Crippen LogP contribution >= 0.6 is 0 Å². The number of hydrogen-bond acceptors (Lipinski definition) is 5. The lowest BCUT2D eigenvalue weighted by Crippen LogP contribution is -2.54. The predicted molar refractivity (Wildman–Crippen MR) is 97.0 cm³/mol. The number of nitrogens with zero attached hydrogens (tertiary/aromatic N) is 3. The Labute approximate surface area is 148 Å². The highest BCUT2D eigenvalue weighted by atomic mass is 19.1. The van der Waals surface area contributed by atoms with Gasteiger partial charge in [0.2, 0.25) is 5.95 Å². The molecule has 25 heavy (non-hydrogen) atoms. The summed E-state index contributed by atoms with van der Waals surface area (Å²) >= 11 is 0. The minimum atomic E-state index is -0.403. The van der Waals surface area contributed by atoms with Crippen LogP contribution in [-0.4, -0.2) is 42.8 Å². The lowest BCUT2D eigenvalue weighted by Gasteiger charge is -2.38. The van der Waals surface area contributed by atoms with Gasteiger partial charge in [-0.2, -0.15) is 0 Å². The Kier molecular flexibility index (Phi) is 5.60. The maximum absolute atomic E-state index is 14.3. The van der Waals surface area contributed by atoms with Crippen LogP contribution in [0.2, 0.25) is 0 Å². The smallest absolute Gasteiger partial charge is 0.226 e. The summed E-state index contributed by atoms with van der Waals surface area (Å²) in [5.41, 5.74) is 2.13. The van der Waals surface area contributed by atoms with Crippen molar-refractivity contribution in [3.8, 4) is 11.3 Å². The number of benzene rings is 1. The van der Waals surface area contributed by atoms with Crippen LogP contribution in [0, 0.1) is 11.7 Å². The van der Waals surface area contributed by atoms with Crippen molar-refractivity contribution in [2.45, 2.75) is 26.5 Å². The van der Waals surface area contributed by atoms with Crippen molar-refractivity contribution in [3.05, 3.63) is 41.8 Å². The van der Waals surface area contributed by atoms with Crippen LogP contribution < -0.4 is 10.2 Å². The molecule has 2 aromatic rings. The first kappa shape index (κ1) is 17.8. The molecule has 0 aliphatic carbocycles. The second-order valence-corrected chi connectivity index (χ2v) is 6.71.